The summed E-state index contributed by atoms with van der Waals surface area (Å²) in [6.07, 6.45) is 3.22. The number of H-pyrrole nitrogens is 1. The molecule has 158 valence electrons. The number of anilines is 1. The summed E-state index contributed by atoms with van der Waals surface area (Å²) in [4.78, 5) is 32.2. The van der Waals surface area contributed by atoms with Crippen LogP contribution in [0.2, 0.25) is 5.02 Å². The number of benzene rings is 1. The number of fused-ring (bicyclic) bond motifs is 1. The number of carbonyl (C=O) groups excluding carboxylic acids is 1. The quantitative estimate of drug-likeness (QED) is 0.530. The first-order valence-electron chi connectivity index (χ1n) is 9.94. The number of nitrogens with zero attached hydrogens (tertiary/aromatic N) is 6. The van der Waals surface area contributed by atoms with Crippen molar-refractivity contribution in [3.8, 4) is 5.95 Å². The van der Waals surface area contributed by atoms with E-state index in [9.17, 15) is 9.59 Å². The van der Waals surface area contributed by atoms with Crippen LogP contribution in [0.15, 0.2) is 53.6 Å². The van der Waals surface area contributed by atoms with Gasteiger partial charge < -0.3 is 9.80 Å². The zero-order chi connectivity index (χ0) is 21.5. The average Bonchev–Trinajstić information content (AvgIpc) is 3.40. The van der Waals surface area contributed by atoms with Gasteiger partial charge in [-0.05, 0) is 37.3 Å². The van der Waals surface area contributed by atoms with Gasteiger partial charge in [0.25, 0.3) is 11.5 Å². The molecule has 1 aliphatic rings. The van der Waals surface area contributed by atoms with Crippen molar-refractivity contribution in [2.45, 2.75) is 6.92 Å². The Morgan fingerprint density at radius 3 is 2.71 bits per heavy atom. The first-order chi connectivity index (χ1) is 15.0. The molecule has 1 amide bonds. The summed E-state index contributed by atoms with van der Waals surface area (Å²) in [5.41, 5.74) is 2.35. The Bertz CT molecular complexity index is 1330. The lowest BCUT2D eigenvalue weighted by Crippen LogP contribution is -2.48. The van der Waals surface area contributed by atoms with Crippen molar-refractivity contribution >= 4 is 28.7 Å². The zero-order valence-corrected chi connectivity index (χ0v) is 17.6. The summed E-state index contributed by atoms with van der Waals surface area (Å²) < 4.78 is 2.97. The second-order valence-electron chi connectivity index (χ2n) is 7.43. The van der Waals surface area contributed by atoms with Gasteiger partial charge in [0.1, 0.15) is 5.52 Å². The molecule has 0 atom stereocenters. The molecule has 0 unspecified atom stereocenters. The Kier molecular flexibility index (Phi) is 4.74. The van der Waals surface area contributed by atoms with Crippen LogP contribution in [0.25, 0.3) is 11.5 Å². The van der Waals surface area contributed by atoms with Crippen LogP contribution in [-0.4, -0.2) is 61.4 Å². The number of piperazine rings is 1. The molecule has 1 fully saturated rings. The van der Waals surface area contributed by atoms with Gasteiger partial charge in [0, 0.05) is 43.1 Å². The number of amides is 1. The molecular weight excluding hydrogens is 418 g/mol. The predicted octanol–water partition coefficient (Wildman–Crippen LogP) is 2.13. The van der Waals surface area contributed by atoms with Gasteiger partial charge in [-0.1, -0.05) is 17.7 Å². The maximum atomic E-state index is 13.1. The van der Waals surface area contributed by atoms with E-state index in [1.165, 1.54) is 15.4 Å². The van der Waals surface area contributed by atoms with E-state index in [-0.39, 0.29) is 17.4 Å². The molecule has 4 heterocycles. The van der Waals surface area contributed by atoms with Crippen molar-refractivity contribution in [1.82, 2.24) is 29.3 Å². The van der Waals surface area contributed by atoms with Gasteiger partial charge >= 0.3 is 0 Å². The van der Waals surface area contributed by atoms with Crippen molar-refractivity contribution in [1.29, 1.82) is 0 Å². The second kappa shape index (κ2) is 7.59. The highest BCUT2D eigenvalue weighted by atomic mass is 35.5. The molecule has 5 rings (SSSR count). The van der Waals surface area contributed by atoms with E-state index in [1.54, 1.807) is 25.3 Å². The first kappa shape index (κ1) is 19.4. The molecule has 4 aromatic rings. The number of aromatic amines is 1. The lowest BCUT2D eigenvalue weighted by molar-refractivity contribution is 0.0746. The lowest BCUT2D eigenvalue weighted by Gasteiger charge is -2.36. The van der Waals surface area contributed by atoms with Gasteiger partial charge in [-0.2, -0.15) is 5.10 Å². The van der Waals surface area contributed by atoms with Crippen molar-refractivity contribution in [2.24, 2.45) is 0 Å². The Morgan fingerprint density at radius 1 is 1.13 bits per heavy atom. The molecule has 1 aliphatic heterocycles. The predicted molar refractivity (Wildman–Crippen MR) is 117 cm³/mol. The van der Waals surface area contributed by atoms with E-state index >= 15 is 0 Å². The van der Waals surface area contributed by atoms with Gasteiger partial charge in [-0.15, -0.1) is 5.10 Å². The van der Waals surface area contributed by atoms with Crippen molar-refractivity contribution < 1.29 is 4.79 Å². The van der Waals surface area contributed by atoms with Gasteiger partial charge in [0.2, 0.25) is 5.95 Å². The van der Waals surface area contributed by atoms with Crippen molar-refractivity contribution in [2.75, 3.05) is 31.1 Å². The van der Waals surface area contributed by atoms with E-state index in [0.29, 0.717) is 34.9 Å². The summed E-state index contributed by atoms with van der Waals surface area (Å²) in [6, 6.07) is 11.2. The van der Waals surface area contributed by atoms with Gasteiger partial charge in [0.05, 0.1) is 17.5 Å². The smallest absolute Gasteiger partial charge is 0.276 e. The van der Waals surface area contributed by atoms with Crippen LogP contribution in [0.5, 0.6) is 0 Å². The lowest BCUT2D eigenvalue weighted by atomic mass is 10.2. The molecule has 1 saturated heterocycles. The molecule has 0 saturated carbocycles. The molecule has 0 aliphatic carbocycles. The number of carbonyl (C=O) groups is 1. The van der Waals surface area contributed by atoms with E-state index in [0.717, 1.165) is 18.8 Å². The molecule has 1 N–H and O–H groups in total. The number of hydrogen-bond donors (Lipinski definition) is 1. The maximum absolute atomic E-state index is 13.1. The fourth-order valence-electron chi connectivity index (χ4n) is 3.87. The Hall–Kier alpha value is -3.59. The Morgan fingerprint density at radius 2 is 1.94 bits per heavy atom. The normalized spacial score (nSPS) is 14.4. The highest BCUT2D eigenvalue weighted by Gasteiger charge is 2.26. The summed E-state index contributed by atoms with van der Waals surface area (Å²) in [5, 5.41) is 9.38. The minimum absolute atomic E-state index is 0.0844. The molecule has 3 aromatic heterocycles. The molecule has 31 heavy (non-hydrogen) atoms. The van der Waals surface area contributed by atoms with E-state index in [2.05, 4.69) is 20.1 Å². The largest absolute Gasteiger partial charge is 0.368 e. The number of aromatic nitrogens is 5. The molecular formula is C21H20ClN7O2. The molecule has 10 heteroatoms. The first-order valence-corrected chi connectivity index (χ1v) is 10.3. The minimum atomic E-state index is -0.269. The van der Waals surface area contributed by atoms with Gasteiger partial charge in [-0.3, -0.25) is 14.6 Å². The molecule has 0 radical (unpaired) electrons. The number of nitrogens with one attached hydrogen (secondary N) is 1. The zero-order valence-electron chi connectivity index (χ0n) is 16.8. The highest BCUT2D eigenvalue weighted by Crippen LogP contribution is 2.22. The third-order valence-corrected chi connectivity index (χ3v) is 5.80. The molecule has 0 bridgehead atoms. The maximum Gasteiger partial charge on any atom is 0.276 e. The highest BCUT2D eigenvalue weighted by molar-refractivity contribution is 6.30. The summed E-state index contributed by atoms with van der Waals surface area (Å²) in [7, 11) is 0. The van der Waals surface area contributed by atoms with Crippen LogP contribution in [0.3, 0.4) is 0 Å². The summed E-state index contributed by atoms with van der Waals surface area (Å²) in [5.74, 6) is 0.176. The third kappa shape index (κ3) is 3.46. The number of rotatable bonds is 3. The van der Waals surface area contributed by atoms with E-state index in [4.69, 9.17) is 11.6 Å². The van der Waals surface area contributed by atoms with Gasteiger partial charge in [0.15, 0.2) is 0 Å². The fraction of sp³-hybridized carbons (Fsp3) is 0.238. The molecule has 0 spiro atoms. The number of halogens is 1. The fourth-order valence-corrected chi connectivity index (χ4v) is 4.06. The monoisotopic (exact) mass is 437 g/mol. The Labute approximate surface area is 182 Å². The second-order valence-corrected chi connectivity index (χ2v) is 7.87. The summed E-state index contributed by atoms with van der Waals surface area (Å²) in [6.45, 7) is 4.43. The van der Waals surface area contributed by atoms with Crippen molar-refractivity contribution in [3.05, 3.63) is 75.4 Å². The van der Waals surface area contributed by atoms with E-state index in [1.807, 2.05) is 29.2 Å². The van der Waals surface area contributed by atoms with Crippen molar-refractivity contribution in [3.63, 3.8) is 0 Å². The van der Waals surface area contributed by atoms with Crippen LogP contribution >= 0.6 is 11.6 Å². The minimum Gasteiger partial charge on any atom is -0.368 e. The average molecular weight is 438 g/mol. The SMILES string of the molecule is Cc1c(C(=O)N2CCN(c3cccc(Cl)c3)CC2)cnn1-c1nn2cccc2c(=O)[nH]1. The van der Waals surface area contributed by atoms with Crippen LogP contribution in [0.1, 0.15) is 16.1 Å². The molecule has 1 aromatic carbocycles. The van der Waals surface area contributed by atoms with Crippen LogP contribution in [-0.2, 0) is 0 Å². The summed E-state index contributed by atoms with van der Waals surface area (Å²) >= 11 is 6.10. The van der Waals surface area contributed by atoms with E-state index < -0.39 is 0 Å². The third-order valence-electron chi connectivity index (χ3n) is 5.57. The molecule has 9 nitrogen and oxygen atoms in total. The van der Waals surface area contributed by atoms with Gasteiger partial charge in [-0.25, -0.2) is 9.20 Å². The van der Waals surface area contributed by atoms with Crippen LogP contribution in [0.4, 0.5) is 5.69 Å². The Balaban J connectivity index is 1.35. The van der Waals surface area contributed by atoms with Crippen LogP contribution < -0.4 is 10.5 Å². The number of hydrogen-bond acceptors (Lipinski definition) is 5. The van der Waals surface area contributed by atoms with Crippen LogP contribution in [0, 0.1) is 6.92 Å². The standard InChI is InChI=1S/C21H20ClN7O2/c1-14-17(13-23-29(14)21-24-19(30)18-6-3-7-28(18)25-21)20(31)27-10-8-26(9-11-27)16-5-2-4-15(22)12-16/h2-7,12-13H,8-11H2,1H3,(H,24,25,30). The topological polar surface area (TPSA) is 91.5 Å².